The Hall–Kier alpha value is -0.580. The number of halogens is 1. The molecule has 0 spiro atoms. The third-order valence-corrected chi connectivity index (χ3v) is 3.08. The van der Waals surface area contributed by atoms with Crippen molar-refractivity contribution in [3.8, 4) is 5.75 Å². The quantitative estimate of drug-likeness (QED) is 0.883. The molecule has 3 N–H and O–H groups in total. The van der Waals surface area contributed by atoms with E-state index in [0.717, 1.165) is 27.8 Å². The van der Waals surface area contributed by atoms with Gasteiger partial charge in [0, 0.05) is 10.0 Å². The minimum Gasteiger partial charge on any atom is -0.496 e. The molecule has 0 amide bonds. The molecule has 1 aromatic rings. The second-order valence-electron chi connectivity index (χ2n) is 3.33. The van der Waals surface area contributed by atoms with Gasteiger partial charge < -0.3 is 15.6 Å². The molecule has 0 heterocycles. The van der Waals surface area contributed by atoms with Gasteiger partial charge >= 0.3 is 0 Å². The molecule has 0 aliphatic heterocycles. The summed E-state index contributed by atoms with van der Waals surface area (Å²) in [6, 6.07) is 3.45. The highest BCUT2D eigenvalue weighted by Crippen LogP contribution is 2.31. The van der Waals surface area contributed by atoms with Crippen LogP contribution in [0.4, 0.5) is 0 Å². The fraction of sp³-hybridized carbons (Fsp3) is 0.455. The first-order valence-corrected chi connectivity index (χ1v) is 5.66. The maximum absolute atomic E-state index is 8.99. The lowest BCUT2D eigenvalue weighted by Gasteiger charge is -2.14. The van der Waals surface area contributed by atoms with Crippen molar-refractivity contribution in [1.29, 1.82) is 0 Å². The molecule has 1 atom stereocenters. The van der Waals surface area contributed by atoms with Crippen LogP contribution < -0.4 is 10.5 Å². The number of aliphatic hydroxyl groups is 1. The molecular weight excluding hydrogens is 258 g/mol. The van der Waals surface area contributed by atoms with Gasteiger partial charge in [0.05, 0.1) is 19.8 Å². The number of benzene rings is 1. The number of ether oxygens (including phenoxy) is 1. The Balaban J connectivity index is 3.19. The van der Waals surface area contributed by atoms with E-state index < -0.39 is 0 Å². The molecule has 15 heavy (non-hydrogen) atoms. The highest BCUT2D eigenvalue weighted by Gasteiger charge is 2.12. The van der Waals surface area contributed by atoms with Gasteiger partial charge in [-0.3, -0.25) is 0 Å². The van der Waals surface area contributed by atoms with Crippen LogP contribution in [0.15, 0.2) is 16.6 Å². The Morgan fingerprint density at radius 2 is 2.20 bits per heavy atom. The lowest BCUT2D eigenvalue weighted by Crippen LogP contribution is -2.14. The summed E-state index contributed by atoms with van der Waals surface area (Å²) in [6.45, 7) is 2.00. The first-order valence-electron chi connectivity index (χ1n) is 4.86. The Kier molecular flexibility index (Phi) is 4.57. The van der Waals surface area contributed by atoms with E-state index in [1.165, 1.54) is 0 Å². The maximum atomic E-state index is 8.99. The predicted octanol–water partition coefficient (Wildman–Crippen LogP) is 2.01. The summed E-state index contributed by atoms with van der Waals surface area (Å²) >= 11 is 3.48. The first-order chi connectivity index (χ1) is 7.13. The van der Waals surface area contributed by atoms with Crippen molar-refractivity contribution < 1.29 is 9.84 Å². The normalized spacial score (nSPS) is 12.6. The van der Waals surface area contributed by atoms with Crippen LogP contribution in [-0.4, -0.2) is 18.8 Å². The molecule has 0 fully saturated rings. The van der Waals surface area contributed by atoms with E-state index in [-0.39, 0.29) is 12.6 Å². The van der Waals surface area contributed by atoms with E-state index in [2.05, 4.69) is 22.9 Å². The van der Waals surface area contributed by atoms with Gasteiger partial charge in [-0.1, -0.05) is 22.9 Å². The van der Waals surface area contributed by atoms with Crippen molar-refractivity contribution in [2.75, 3.05) is 13.7 Å². The zero-order valence-electron chi connectivity index (χ0n) is 8.96. The van der Waals surface area contributed by atoms with Gasteiger partial charge in [-0.15, -0.1) is 0 Å². The Bertz CT molecular complexity index is 342. The maximum Gasteiger partial charge on any atom is 0.123 e. The molecule has 1 aromatic carbocycles. The van der Waals surface area contributed by atoms with Crippen LogP contribution in [0, 0.1) is 0 Å². The van der Waals surface area contributed by atoms with Gasteiger partial charge in [0.1, 0.15) is 5.75 Å². The summed E-state index contributed by atoms with van der Waals surface area (Å²) in [6.07, 6.45) is 0.887. The van der Waals surface area contributed by atoms with Crippen molar-refractivity contribution in [1.82, 2.24) is 0 Å². The van der Waals surface area contributed by atoms with Gasteiger partial charge in [-0.2, -0.15) is 0 Å². The molecule has 3 nitrogen and oxygen atoms in total. The highest BCUT2D eigenvalue weighted by molar-refractivity contribution is 9.10. The lowest BCUT2D eigenvalue weighted by atomic mass is 10.0. The molecule has 4 heteroatoms. The van der Waals surface area contributed by atoms with Crippen molar-refractivity contribution in [3.05, 3.63) is 27.7 Å². The number of methoxy groups -OCH3 is 1. The molecule has 0 bridgehead atoms. The molecule has 0 radical (unpaired) electrons. The van der Waals surface area contributed by atoms with Crippen LogP contribution >= 0.6 is 15.9 Å². The minimum atomic E-state index is -0.360. The second-order valence-corrected chi connectivity index (χ2v) is 4.18. The topological polar surface area (TPSA) is 55.5 Å². The third kappa shape index (κ3) is 2.71. The largest absolute Gasteiger partial charge is 0.496 e. The van der Waals surface area contributed by atoms with Crippen LogP contribution in [-0.2, 0) is 6.42 Å². The number of hydrogen-bond donors (Lipinski definition) is 2. The van der Waals surface area contributed by atoms with Gasteiger partial charge in [0.2, 0.25) is 0 Å². The van der Waals surface area contributed by atoms with Crippen LogP contribution in [0.3, 0.4) is 0 Å². The SMILES string of the molecule is CCc1c(Br)cc(C(N)CO)cc1OC. The Morgan fingerprint density at radius 3 is 2.67 bits per heavy atom. The molecule has 0 saturated heterocycles. The molecule has 0 aliphatic carbocycles. The van der Waals surface area contributed by atoms with Crippen molar-refractivity contribution in [2.45, 2.75) is 19.4 Å². The molecule has 0 aromatic heterocycles. The van der Waals surface area contributed by atoms with Gasteiger partial charge in [0.15, 0.2) is 0 Å². The Morgan fingerprint density at radius 1 is 1.53 bits per heavy atom. The summed E-state index contributed by atoms with van der Waals surface area (Å²) in [7, 11) is 1.63. The number of hydrogen-bond acceptors (Lipinski definition) is 3. The number of nitrogens with two attached hydrogens (primary N) is 1. The van der Waals surface area contributed by atoms with Crippen LogP contribution in [0.1, 0.15) is 24.1 Å². The van der Waals surface area contributed by atoms with Crippen LogP contribution in [0.25, 0.3) is 0 Å². The van der Waals surface area contributed by atoms with Crippen molar-refractivity contribution in [2.24, 2.45) is 5.73 Å². The van der Waals surface area contributed by atoms with Crippen molar-refractivity contribution >= 4 is 15.9 Å². The van der Waals surface area contributed by atoms with E-state index in [0.29, 0.717) is 0 Å². The van der Waals surface area contributed by atoms with Crippen LogP contribution in [0.5, 0.6) is 5.75 Å². The lowest BCUT2D eigenvalue weighted by molar-refractivity contribution is 0.267. The average molecular weight is 274 g/mol. The smallest absolute Gasteiger partial charge is 0.123 e. The zero-order chi connectivity index (χ0) is 11.4. The number of aliphatic hydroxyl groups excluding tert-OH is 1. The first kappa shape index (κ1) is 12.5. The molecule has 0 saturated carbocycles. The van der Waals surface area contributed by atoms with Crippen molar-refractivity contribution in [3.63, 3.8) is 0 Å². The average Bonchev–Trinajstić information content (AvgIpc) is 2.26. The summed E-state index contributed by atoms with van der Waals surface area (Å²) in [5, 5.41) is 8.99. The van der Waals surface area contributed by atoms with Crippen LogP contribution in [0.2, 0.25) is 0 Å². The third-order valence-electron chi connectivity index (χ3n) is 2.38. The van der Waals surface area contributed by atoms with E-state index in [1.54, 1.807) is 7.11 Å². The molecule has 0 aliphatic rings. The second kappa shape index (κ2) is 5.49. The molecule has 1 unspecified atom stereocenters. The monoisotopic (exact) mass is 273 g/mol. The predicted molar refractivity (Wildman–Crippen MR) is 64.1 cm³/mol. The van der Waals surface area contributed by atoms with Gasteiger partial charge in [0.25, 0.3) is 0 Å². The fourth-order valence-corrected chi connectivity index (χ4v) is 2.22. The van der Waals surface area contributed by atoms with E-state index in [4.69, 9.17) is 15.6 Å². The minimum absolute atomic E-state index is 0.0684. The Labute approximate surface area is 98.4 Å². The fourth-order valence-electron chi connectivity index (χ4n) is 1.48. The van der Waals surface area contributed by atoms with Gasteiger partial charge in [-0.05, 0) is 24.1 Å². The zero-order valence-corrected chi connectivity index (χ0v) is 10.5. The molecule has 1 rings (SSSR count). The highest BCUT2D eigenvalue weighted by atomic mass is 79.9. The summed E-state index contributed by atoms with van der Waals surface area (Å²) in [5.41, 5.74) is 7.74. The van der Waals surface area contributed by atoms with Gasteiger partial charge in [-0.25, -0.2) is 0 Å². The van der Waals surface area contributed by atoms with E-state index >= 15 is 0 Å². The standard InChI is InChI=1S/C11H16BrNO2/c1-3-8-9(12)4-7(10(13)6-14)5-11(8)15-2/h4-5,10,14H,3,6,13H2,1-2H3. The molecule has 84 valence electrons. The summed E-state index contributed by atoms with van der Waals surface area (Å²) in [5.74, 6) is 0.811. The molecular formula is C11H16BrNO2. The summed E-state index contributed by atoms with van der Waals surface area (Å²) in [4.78, 5) is 0. The van der Waals surface area contributed by atoms with E-state index in [1.807, 2.05) is 12.1 Å². The van der Waals surface area contributed by atoms with E-state index in [9.17, 15) is 0 Å². The number of rotatable bonds is 4. The summed E-state index contributed by atoms with van der Waals surface area (Å²) < 4.78 is 6.26.